The molecule has 0 N–H and O–H groups in total. The van der Waals surface area contributed by atoms with Crippen molar-refractivity contribution in [2.24, 2.45) is 0 Å². The van der Waals surface area contributed by atoms with Crippen molar-refractivity contribution >= 4 is 18.2 Å². The van der Waals surface area contributed by atoms with E-state index >= 15 is 0 Å². The van der Waals surface area contributed by atoms with E-state index in [0.717, 1.165) is 5.75 Å². The van der Waals surface area contributed by atoms with E-state index in [1.54, 1.807) is 25.3 Å². The fraction of sp³-hybridized carbons (Fsp3) is 0.222. The minimum Gasteiger partial charge on any atom is -0.497 e. The van der Waals surface area contributed by atoms with Gasteiger partial charge < -0.3 is 4.74 Å². The lowest BCUT2D eigenvalue weighted by Crippen LogP contribution is -1.92. The van der Waals surface area contributed by atoms with Gasteiger partial charge in [0.1, 0.15) is 5.75 Å². The van der Waals surface area contributed by atoms with Crippen LogP contribution in [0.15, 0.2) is 24.3 Å². The number of ketones is 1. The summed E-state index contributed by atoms with van der Waals surface area (Å²) >= 11 is 0. The maximum atomic E-state index is 10.9. The number of halogens is 1. The molecule has 0 saturated heterocycles. The van der Waals surface area contributed by atoms with Crippen LogP contribution in [0.1, 0.15) is 17.3 Å². The smallest absolute Gasteiger partial charge is 0.159 e. The first-order valence-corrected chi connectivity index (χ1v) is 3.39. The molecule has 0 heterocycles. The van der Waals surface area contributed by atoms with Gasteiger partial charge in [-0.15, -0.1) is 12.4 Å². The summed E-state index contributed by atoms with van der Waals surface area (Å²) in [5.74, 6) is 0.779. The number of hydrogen-bond donors (Lipinski definition) is 0. The predicted octanol–water partition coefficient (Wildman–Crippen LogP) is 2.32. The molecule has 0 aliphatic carbocycles. The van der Waals surface area contributed by atoms with E-state index in [0.29, 0.717) is 5.56 Å². The standard InChI is InChI=1S/C9H10O2.ClH/c1-7(10)8-4-3-5-9(6-8)11-2;/h3-6H,1-2H3;1H. The molecule has 0 bridgehead atoms. The molecule has 0 unspecified atom stereocenters. The first-order chi connectivity index (χ1) is 5.24. The summed E-state index contributed by atoms with van der Waals surface area (Å²) in [6, 6.07) is 7.11. The molecular formula is C9H11ClO2. The van der Waals surface area contributed by atoms with E-state index in [4.69, 9.17) is 4.74 Å². The Morgan fingerprint density at radius 3 is 2.58 bits per heavy atom. The van der Waals surface area contributed by atoms with Crippen molar-refractivity contribution in [3.05, 3.63) is 29.8 Å². The molecule has 0 aliphatic heterocycles. The summed E-state index contributed by atoms with van der Waals surface area (Å²) in [5, 5.41) is 0. The molecular weight excluding hydrogens is 176 g/mol. The molecule has 1 aromatic rings. The Morgan fingerprint density at radius 2 is 2.08 bits per heavy atom. The number of Topliss-reactive ketones (excluding diaryl/α,β-unsaturated/α-hetero) is 1. The largest absolute Gasteiger partial charge is 0.497 e. The highest BCUT2D eigenvalue weighted by molar-refractivity contribution is 5.94. The SMILES string of the molecule is COc1cccc(C(C)=O)c1.Cl. The van der Waals surface area contributed by atoms with E-state index in [1.165, 1.54) is 6.92 Å². The highest BCUT2D eigenvalue weighted by Crippen LogP contribution is 2.12. The third-order valence-corrected chi connectivity index (χ3v) is 1.48. The molecule has 0 fully saturated rings. The van der Waals surface area contributed by atoms with Crippen LogP contribution in [0.3, 0.4) is 0 Å². The van der Waals surface area contributed by atoms with Crippen LogP contribution < -0.4 is 4.74 Å². The van der Waals surface area contributed by atoms with Crippen LogP contribution in [-0.2, 0) is 0 Å². The van der Waals surface area contributed by atoms with Gasteiger partial charge in [-0.3, -0.25) is 4.79 Å². The molecule has 66 valence electrons. The van der Waals surface area contributed by atoms with Crippen molar-refractivity contribution < 1.29 is 9.53 Å². The molecule has 0 atom stereocenters. The van der Waals surface area contributed by atoms with E-state index in [2.05, 4.69) is 0 Å². The molecule has 2 nitrogen and oxygen atoms in total. The Kier molecular flexibility index (Phi) is 4.37. The van der Waals surface area contributed by atoms with Crippen molar-refractivity contribution in [3.63, 3.8) is 0 Å². The second-order valence-corrected chi connectivity index (χ2v) is 2.29. The van der Waals surface area contributed by atoms with Crippen LogP contribution in [0.4, 0.5) is 0 Å². The minimum atomic E-state index is 0. The number of benzene rings is 1. The number of carbonyl (C=O) groups excluding carboxylic acids is 1. The van der Waals surface area contributed by atoms with Gasteiger partial charge in [0.05, 0.1) is 7.11 Å². The van der Waals surface area contributed by atoms with Crippen LogP contribution in [0.2, 0.25) is 0 Å². The van der Waals surface area contributed by atoms with Gasteiger partial charge in [0.25, 0.3) is 0 Å². The molecule has 0 aromatic heterocycles. The van der Waals surface area contributed by atoms with Gasteiger partial charge in [0.15, 0.2) is 5.78 Å². The maximum Gasteiger partial charge on any atom is 0.159 e. The number of carbonyl (C=O) groups is 1. The van der Waals surface area contributed by atoms with Gasteiger partial charge in [0, 0.05) is 5.56 Å². The maximum absolute atomic E-state index is 10.9. The van der Waals surface area contributed by atoms with Gasteiger partial charge in [-0.25, -0.2) is 0 Å². The van der Waals surface area contributed by atoms with Gasteiger partial charge in [-0.2, -0.15) is 0 Å². The summed E-state index contributed by atoms with van der Waals surface area (Å²) in [6.07, 6.45) is 0. The molecule has 0 radical (unpaired) electrons. The van der Waals surface area contributed by atoms with Gasteiger partial charge in [-0.05, 0) is 19.1 Å². The van der Waals surface area contributed by atoms with E-state index in [9.17, 15) is 4.79 Å². The van der Waals surface area contributed by atoms with E-state index < -0.39 is 0 Å². The zero-order chi connectivity index (χ0) is 8.27. The van der Waals surface area contributed by atoms with Gasteiger partial charge >= 0.3 is 0 Å². The lowest BCUT2D eigenvalue weighted by molar-refractivity contribution is 0.101. The Hall–Kier alpha value is -1.02. The molecule has 0 aliphatic rings. The minimum absolute atomic E-state index is 0. The number of rotatable bonds is 2. The van der Waals surface area contributed by atoms with Crippen molar-refractivity contribution in [2.45, 2.75) is 6.92 Å². The number of hydrogen-bond acceptors (Lipinski definition) is 2. The highest BCUT2D eigenvalue weighted by atomic mass is 35.5. The summed E-state index contributed by atoms with van der Waals surface area (Å²) in [5.41, 5.74) is 0.685. The average molecular weight is 187 g/mol. The monoisotopic (exact) mass is 186 g/mol. The third kappa shape index (κ3) is 2.55. The van der Waals surface area contributed by atoms with E-state index in [-0.39, 0.29) is 18.2 Å². The molecule has 0 amide bonds. The zero-order valence-corrected chi connectivity index (χ0v) is 7.85. The van der Waals surface area contributed by atoms with Crippen molar-refractivity contribution in [1.29, 1.82) is 0 Å². The second kappa shape index (κ2) is 4.78. The van der Waals surface area contributed by atoms with Gasteiger partial charge in [0.2, 0.25) is 0 Å². The Bertz CT molecular complexity index is 271. The quantitative estimate of drug-likeness (QED) is 0.663. The number of ether oxygens (including phenoxy) is 1. The van der Waals surface area contributed by atoms with Crippen molar-refractivity contribution in [1.82, 2.24) is 0 Å². The average Bonchev–Trinajstić information content (AvgIpc) is 2.05. The number of methoxy groups -OCH3 is 1. The van der Waals surface area contributed by atoms with Crippen LogP contribution in [0, 0.1) is 0 Å². The highest BCUT2D eigenvalue weighted by Gasteiger charge is 1.98. The molecule has 1 aromatic carbocycles. The normalized spacial score (nSPS) is 8.50. The first-order valence-electron chi connectivity index (χ1n) is 3.39. The molecule has 0 saturated carbocycles. The summed E-state index contributed by atoms with van der Waals surface area (Å²) < 4.78 is 4.95. The van der Waals surface area contributed by atoms with Crippen LogP contribution in [0.25, 0.3) is 0 Å². The fourth-order valence-electron chi connectivity index (χ4n) is 0.842. The fourth-order valence-corrected chi connectivity index (χ4v) is 0.842. The Morgan fingerprint density at radius 1 is 1.42 bits per heavy atom. The summed E-state index contributed by atoms with van der Waals surface area (Å²) in [4.78, 5) is 10.9. The van der Waals surface area contributed by atoms with Crippen LogP contribution in [-0.4, -0.2) is 12.9 Å². The lowest BCUT2D eigenvalue weighted by Gasteiger charge is -1.99. The summed E-state index contributed by atoms with van der Waals surface area (Å²) in [7, 11) is 1.58. The summed E-state index contributed by atoms with van der Waals surface area (Å²) in [6.45, 7) is 1.54. The van der Waals surface area contributed by atoms with Crippen molar-refractivity contribution in [3.8, 4) is 5.75 Å². The van der Waals surface area contributed by atoms with E-state index in [1.807, 2.05) is 6.07 Å². The lowest BCUT2D eigenvalue weighted by atomic mass is 10.1. The third-order valence-electron chi connectivity index (χ3n) is 1.48. The second-order valence-electron chi connectivity index (χ2n) is 2.29. The van der Waals surface area contributed by atoms with Crippen LogP contribution >= 0.6 is 12.4 Å². The Labute approximate surface area is 78.0 Å². The van der Waals surface area contributed by atoms with Crippen LogP contribution in [0.5, 0.6) is 5.75 Å². The van der Waals surface area contributed by atoms with Gasteiger partial charge in [-0.1, -0.05) is 12.1 Å². The topological polar surface area (TPSA) is 26.3 Å². The van der Waals surface area contributed by atoms with Crippen molar-refractivity contribution in [2.75, 3.05) is 7.11 Å². The molecule has 1 rings (SSSR count). The first kappa shape index (κ1) is 11.0. The Balaban J connectivity index is 0.00000121. The molecule has 0 spiro atoms. The zero-order valence-electron chi connectivity index (χ0n) is 7.03. The predicted molar refractivity (Wildman–Crippen MR) is 50.2 cm³/mol. The molecule has 3 heteroatoms. The molecule has 12 heavy (non-hydrogen) atoms.